The van der Waals surface area contributed by atoms with Crippen molar-refractivity contribution in [3.63, 3.8) is 0 Å². The van der Waals surface area contributed by atoms with Crippen LogP contribution in [0.15, 0.2) is 30.3 Å². The lowest BCUT2D eigenvalue weighted by atomic mass is 10.3. The molecule has 21 heavy (non-hydrogen) atoms. The quantitative estimate of drug-likeness (QED) is 0.505. The summed E-state index contributed by atoms with van der Waals surface area (Å²) in [7, 11) is -1.20. The van der Waals surface area contributed by atoms with Crippen molar-refractivity contribution in [1.29, 1.82) is 0 Å². The maximum Gasteiger partial charge on any atom is 0.262 e. The third-order valence-electron chi connectivity index (χ3n) is 4.58. The van der Waals surface area contributed by atoms with Gasteiger partial charge in [0, 0.05) is 0 Å². The SMILES string of the molecule is CC(C)[CH2][Al]([CH2]CC[Si](C)(C)c1ccccc1)[CH2]C(C)C. The molecule has 0 aromatic heterocycles. The zero-order chi connectivity index (χ0) is 15.9. The van der Waals surface area contributed by atoms with Crippen LogP contribution in [-0.2, 0) is 0 Å². The molecule has 0 radical (unpaired) electrons. The average Bonchev–Trinajstić information content (AvgIpc) is 2.38. The summed E-state index contributed by atoms with van der Waals surface area (Å²) in [6.45, 7) is 14.7. The Kier molecular flexibility index (Phi) is 8.32. The van der Waals surface area contributed by atoms with Gasteiger partial charge >= 0.3 is 0 Å². The fourth-order valence-corrected chi connectivity index (χ4v) is 10.5. The lowest BCUT2D eigenvalue weighted by Gasteiger charge is -2.24. The van der Waals surface area contributed by atoms with Crippen molar-refractivity contribution < 1.29 is 0 Å². The normalized spacial score (nSPS) is 12.2. The number of hydrogen-bond acceptors (Lipinski definition) is 0. The van der Waals surface area contributed by atoms with Crippen molar-refractivity contribution >= 4 is 27.4 Å². The van der Waals surface area contributed by atoms with Gasteiger partial charge in [0.2, 0.25) is 0 Å². The number of benzene rings is 1. The lowest BCUT2D eigenvalue weighted by molar-refractivity contribution is 0.685. The summed E-state index contributed by atoms with van der Waals surface area (Å²) >= 11 is -0.511. The summed E-state index contributed by atoms with van der Waals surface area (Å²) < 4.78 is 0. The van der Waals surface area contributed by atoms with Crippen LogP contribution in [0.25, 0.3) is 0 Å². The third kappa shape index (κ3) is 7.68. The van der Waals surface area contributed by atoms with Crippen molar-refractivity contribution in [2.45, 2.75) is 69.1 Å². The van der Waals surface area contributed by atoms with E-state index >= 15 is 0 Å². The van der Waals surface area contributed by atoms with E-state index in [0.717, 1.165) is 11.8 Å². The van der Waals surface area contributed by atoms with E-state index in [1.807, 2.05) is 0 Å². The second kappa shape index (κ2) is 9.19. The van der Waals surface area contributed by atoms with Gasteiger partial charge in [-0.1, -0.05) is 116 Å². The van der Waals surface area contributed by atoms with Crippen LogP contribution < -0.4 is 5.19 Å². The van der Waals surface area contributed by atoms with E-state index in [9.17, 15) is 0 Å². The van der Waals surface area contributed by atoms with Gasteiger partial charge in [0.25, 0.3) is 14.1 Å². The Bertz CT molecular complexity index is 374. The first-order chi connectivity index (χ1) is 9.81. The van der Waals surface area contributed by atoms with Crippen LogP contribution in [0.3, 0.4) is 0 Å². The molecule has 0 N–H and O–H groups in total. The molecule has 0 heterocycles. The molecule has 0 unspecified atom stereocenters. The topological polar surface area (TPSA) is 0 Å². The largest absolute Gasteiger partial charge is 0.262 e. The third-order valence-corrected chi connectivity index (χ3v) is 12.5. The molecule has 0 fully saturated rings. The molecule has 0 spiro atoms. The molecular formula is C19H35AlSi. The van der Waals surface area contributed by atoms with E-state index in [1.54, 1.807) is 21.0 Å². The highest BCUT2D eigenvalue weighted by molar-refractivity contribution is 6.89. The summed E-state index contributed by atoms with van der Waals surface area (Å²) in [6, 6.07) is 12.7. The van der Waals surface area contributed by atoms with Crippen LogP contribution in [0.1, 0.15) is 34.1 Å². The highest BCUT2D eigenvalue weighted by Gasteiger charge is 2.25. The first kappa shape index (κ1) is 19.0. The molecule has 0 bridgehead atoms. The van der Waals surface area contributed by atoms with Gasteiger partial charge in [0.15, 0.2) is 0 Å². The molecule has 0 amide bonds. The van der Waals surface area contributed by atoms with E-state index in [0.29, 0.717) is 0 Å². The molecule has 0 aliphatic heterocycles. The molecule has 1 aromatic carbocycles. The Labute approximate surface area is 138 Å². The van der Waals surface area contributed by atoms with Gasteiger partial charge in [-0.25, -0.2) is 0 Å². The molecule has 0 saturated carbocycles. The maximum absolute atomic E-state index is 2.55. The van der Waals surface area contributed by atoms with Crippen LogP contribution in [0.2, 0.25) is 35.0 Å². The summed E-state index contributed by atoms with van der Waals surface area (Å²) in [5.41, 5.74) is 0. The van der Waals surface area contributed by atoms with Crippen LogP contribution in [-0.4, -0.2) is 22.2 Å². The zero-order valence-electron chi connectivity index (χ0n) is 15.2. The first-order valence-corrected chi connectivity index (χ1v) is 14.5. The monoisotopic (exact) mass is 318 g/mol. The lowest BCUT2D eigenvalue weighted by Crippen LogP contribution is -2.41. The van der Waals surface area contributed by atoms with Gasteiger partial charge in [-0.05, 0) is 0 Å². The molecule has 118 valence electrons. The fraction of sp³-hybridized carbons (Fsp3) is 0.684. The summed E-state index contributed by atoms with van der Waals surface area (Å²) in [6.07, 6.45) is 1.48. The number of rotatable bonds is 9. The van der Waals surface area contributed by atoms with E-state index in [-0.39, 0.29) is 0 Å². The molecule has 1 rings (SSSR count). The first-order valence-electron chi connectivity index (χ1n) is 8.86. The average molecular weight is 319 g/mol. The molecule has 0 aliphatic carbocycles. The summed E-state index contributed by atoms with van der Waals surface area (Å²) in [4.78, 5) is 0. The standard InChI is InChI=1S/C11H17Si.2C4H9.Al/c1-4-10-12(2,3)11-8-6-5-7-9-11;2*1-4(2)3;/h5-9H,1,4,10H2,2-3H3;2*4H,1H2,2-3H3;. The van der Waals surface area contributed by atoms with Crippen LogP contribution in [0, 0.1) is 11.8 Å². The van der Waals surface area contributed by atoms with Gasteiger partial charge in [-0.2, -0.15) is 0 Å². The fourth-order valence-electron chi connectivity index (χ4n) is 3.53. The van der Waals surface area contributed by atoms with Gasteiger partial charge in [0.1, 0.15) is 0 Å². The minimum atomic E-state index is -1.20. The maximum atomic E-state index is 2.55. The highest BCUT2D eigenvalue weighted by Crippen LogP contribution is 2.22. The van der Waals surface area contributed by atoms with Gasteiger partial charge in [-0.15, -0.1) is 0 Å². The Hall–Kier alpha value is -0.0306. The van der Waals surface area contributed by atoms with E-state index in [2.05, 4.69) is 71.1 Å². The molecular weight excluding hydrogens is 283 g/mol. The van der Waals surface area contributed by atoms with Crippen LogP contribution in [0.5, 0.6) is 0 Å². The van der Waals surface area contributed by atoms with Crippen molar-refractivity contribution in [3.05, 3.63) is 30.3 Å². The minimum Gasteiger partial charge on any atom is -0.0941 e. The molecule has 2 heteroatoms. The Balaban J connectivity index is 2.49. The van der Waals surface area contributed by atoms with Gasteiger partial charge in [0.05, 0.1) is 8.07 Å². The Morgan fingerprint density at radius 3 is 1.90 bits per heavy atom. The molecule has 1 aromatic rings. The summed E-state index contributed by atoms with van der Waals surface area (Å²) in [5.74, 6) is 1.81. The molecule has 0 nitrogen and oxygen atoms in total. The van der Waals surface area contributed by atoms with E-state index in [4.69, 9.17) is 0 Å². The Morgan fingerprint density at radius 2 is 1.43 bits per heavy atom. The van der Waals surface area contributed by atoms with Crippen molar-refractivity contribution in [1.82, 2.24) is 0 Å². The predicted octanol–water partition coefficient (Wildman–Crippen LogP) is 5.80. The Morgan fingerprint density at radius 1 is 0.905 bits per heavy atom. The molecule has 0 aliphatic rings. The van der Waals surface area contributed by atoms with Crippen molar-refractivity contribution in [2.24, 2.45) is 11.8 Å². The second-order valence-electron chi connectivity index (χ2n) is 8.27. The van der Waals surface area contributed by atoms with Crippen LogP contribution in [0.4, 0.5) is 0 Å². The van der Waals surface area contributed by atoms with Gasteiger partial charge in [-0.3, -0.25) is 0 Å². The number of hydrogen-bond donors (Lipinski definition) is 0. The second-order valence-corrected chi connectivity index (χ2v) is 16.4. The van der Waals surface area contributed by atoms with E-state index in [1.165, 1.54) is 12.5 Å². The smallest absolute Gasteiger partial charge is 0.0941 e. The molecule has 0 saturated heterocycles. The van der Waals surface area contributed by atoms with E-state index < -0.39 is 22.2 Å². The van der Waals surface area contributed by atoms with Crippen LogP contribution >= 0.6 is 0 Å². The zero-order valence-corrected chi connectivity index (χ0v) is 17.3. The van der Waals surface area contributed by atoms with Gasteiger partial charge < -0.3 is 0 Å². The summed E-state index contributed by atoms with van der Waals surface area (Å²) in [5, 5.41) is 6.30. The highest BCUT2D eigenvalue weighted by atomic mass is 28.3. The van der Waals surface area contributed by atoms with Crippen molar-refractivity contribution in [3.8, 4) is 0 Å². The van der Waals surface area contributed by atoms with Crippen molar-refractivity contribution in [2.75, 3.05) is 0 Å². The minimum absolute atomic E-state index is 0.511. The predicted molar refractivity (Wildman–Crippen MR) is 103 cm³/mol. The molecule has 0 atom stereocenters.